The van der Waals surface area contributed by atoms with E-state index in [1.54, 1.807) is 25.3 Å². The van der Waals surface area contributed by atoms with E-state index >= 15 is 0 Å². The van der Waals surface area contributed by atoms with Crippen molar-refractivity contribution in [1.29, 1.82) is 0 Å². The molecule has 0 amide bonds. The summed E-state index contributed by atoms with van der Waals surface area (Å²) >= 11 is 3.35. The second kappa shape index (κ2) is 8.14. The summed E-state index contributed by atoms with van der Waals surface area (Å²) in [5, 5.41) is 18.4. The summed E-state index contributed by atoms with van der Waals surface area (Å²) < 4.78 is 11.1. The molecule has 0 spiro atoms. The van der Waals surface area contributed by atoms with E-state index in [0.29, 0.717) is 24.5 Å². The van der Waals surface area contributed by atoms with E-state index in [4.69, 9.17) is 14.6 Å². The Morgan fingerprint density at radius 1 is 1.42 bits per heavy atom. The Morgan fingerprint density at radius 3 is 2.74 bits per heavy atom. The fraction of sp³-hybridized carbons (Fsp3) is 0.462. The van der Waals surface area contributed by atoms with Crippen LogP contribution in [-0.2, 0) is 9.53 Å². The van der Waals surface area contributed by atoms with Crippen LogP contribution in [0.5, 0.6) is 5.75 Å². The van der Waals surface area contributed by atoms with Crippen LogP contribution >= 0.6 is 15.9 Å². The fourth-order valence-electron chi connectivity index (χ4n) is 1.50. The number of rotatable bonds is 8. The van der Waals surface area contributed by atoms with Crippen LogP contribution in [0.25, 0.3) is 0 Å². The van der Waals surface area contributed by atoms with Gasteiger partial charge in [0.25, 0.3) is 0 Å². The lowest BCUT2D eigenvalue weighted by molar-refractivity contribution is -0.137. The Balaban J connectivity index is 2.62. The molecule has 19 heavy (non-hydrogen) atoms. The van der Waals surface area contributed by atoms with Gasteiger partial charge in [-0.15, -0.1) is 0 Å². The number of carbonyl (C=O) groups is 1. The number of ether oxygens (including phenoxy) is 2. The number of aliphatic hydroxyl groups is 1. The molecule has 1 aromatic rings. The van der Waals surface area contributed by atoms with Crippen LogP contribution in [0.4, 0.5) is 0 Å². The predicted octanol–water partition coefficient (Wildman–Crippen LogP) is 2.37. The Bertz CT molecular complexity index is 421. The van der Waals surface area contributed by atoms with E-state index in [0.717, 1.165) is 4.47 Å². The third kappa shape index (κ3) is 5.59. The van der Waals surface area contributed by atoms with Crippen LogP contribution in [-0.4, -0.2) is 36.5 Å². The van der Waals surface area contributed by atoms with Crippen molar-refractivity contribution >= 4 is 21.9 Å². The zero-order chi connectivity index (χ0) is 14.3. The first kappa shape index (κ1) is 15.9. The second-order valence-corrected chi connectivity index (χ2v) is 4.83. The molecule has 0 unspecified atom stereocenters. The van der Waals surface area contributed by atoms with Gasteiger partial charge in [0.15, 0.2) is 0 Å². The van der Waals surface area contributed by atoms with Gasteiger partial charge >= 0.3 is 5.97 Å². The number of carboxylic acid groups (broad SMARTS) is 1. The third-order valence-corrected chi connectivity index (χ3v) is 3.14. The van der Waals surface area contributed by atoms with Crippen molar-refractivity contribution in [3.8, 4) is 5.75 Å². The van der Waals surface area contributed by atoms with Crippen molar-refractivity contribution < 1.29 is 24.5 Å². The minimum Gasteiger partial charge on any atom is -0.490 e. The van der Waals surface area contributed by atoms with Crippen molar-refractivity contribution in [3.05, 3.63) is 28.2 Å². The molecule has 106 valence electrons. The highest BCUT2D eigenvalue weighted by Crippen LogP contribution is 2.29. The van der Waals surface area contributed by atoms with Gasteiger partial charge in [-0.05, 0) is 40.0 Å². The first-order valence-corrected chi connectivity index (χ1v) is 6.65. The maximum Gasteiger partial charge on any atom is 0.303 e. The molecule has 6 heteroatoms. The van der Waals surface area contributed by atoms with Gasteiger partial charge in [0.1, 0.15) is 12.4 Å². The number of benzene rings is 1. The SMILES string of the molecule is COCCOc1ccc([C@@H](O)CCC(=O)O)cc1Br. The van der Waals surface area contributed by atoms with E-state index in [1.165, 1.54) is 0 Å². The van der Waals surface area contributed by atoms with Crippen molar-refractivity contribution in [3.63, 3.8) is 0 Å². The Hall–Kier alpha value is -1.11. The number of hydrogen-bond acceptors (Lipinski definition) is 4. The summed E-state index contributed by atoms with van der Waals surface area (Å²) in [4.78, 5) is 10.5. The smallest absolute Gasteiger partial charge is 0.303 e. The van der Waals surface area contributed by atoms with Gasteiger partial charge in [0.05, 0.1) is 17.2 Å². The molecule has 1 atom stereocenters. The van der Waals surface area contributed by atoms with Gasteiger partial charge in [-0.1, -0.05) is 6.07 Å². The Kier molecular flexibility index (Phi) is 6.83. The minimum absolute atomic E-state index is 0.0646. The molecular weight excluding hydrogens is 316 g/mol. The second-order valence-electron chi connectivity index (χ2n) is 3.98. The highest BCUT2D eigenvalue weighted by atomic mass is 79.9. The van der Waals surface area contributed by atoms with Gasteiger partial charge in [-0.25, -0.2) is 0 Å². The van der Waals surface area contributed by atoms with Crippen LogP contribution in [0, 0.1) is 0 Å². The molecule has 0 fully saturated rings. The molecule has 0 saturated heterocycles. The van der Waals surface area contributed by atoms with E-state index in [-0.39, 0.29) is 12.8 Å². The van der Waals surface area contributed by atoms with Crippen molar-refractivity contribution in [2.75, 3.05) is 20.3 Å². The molecule has 0 bridgehead atoms. The molecule has 0 aliphatic carbocycles. The molecule has 0 heterocycles. The van der Waals surface area contributed by atoms with Crippen LogP contribution in [0.15, 0.2) is 22.7 Å². The molecule has 0 aliphatic heterocycles. The van der Waals surface area contributed by atoms with E-state index in [2.05, 4.69) is 15.9 Å². The molecule has 2 N–H and O–H groups in total. The van der Waals surface area contributed by atoms with Crippen LogP contribution in [0.3, 0.4) is 0 Å². The number of aliphatic hydroxyl groups excluding tert-OH is 1. The molecular formula is C13H17BrO5. The zero-order valence-electron chi connectivity index (χ0n) is 10.6. The number of halogens is 1. The minimum atomic E-state index is -0.919. The van der Waals surface area contributed by atoms with E-state index in [9.17, 15) is 9.90 Å². The Morgan fingerprint density at radius 2 is 2.16 bits per heavy atom. The highest BCUT2D eigenvalue weighted by Gasteiger charge is 2.12. The average molecular weight is 333 g/mol. The lowest BCUT2D eigenvalue weighted by atomic mass is 10.0. The molecule has 0 saturated carbocycles. The summed E-state index contributed by atoms with van der Waals surface area (Å²) in [6, 6.07) is 5.19. The maximum atomic E-state index is 10.5. The summed E-state index contributed by atoms with van der Waals surface area (Å²) in [6.07, 6.45) is -0.670. The monoisotopic (exact) mass is 332 g/mol. The molecule has 0 radical (unpaired) electrons. The summed E-state index contributed by atoms with van der Waals surface area (Å²) in [5.74, 6) is -0.260. The predicted molar refractivity (Wildman–Crippen MR) is 73.3 cm³/mol. The standard InChI is InChI=1S/C13H17BrO5/c1-18-6-7-19-12-4-2-9(8-10(12)14)11(15)3-5-13(16)17/h2,4,8,11,15H,3,5-7H2,1H3,(H,16,17)/t11-/m0/s1. The van der Waals surface area contributed by atoms with Gasteiger partial charge in [0, 0.05) is 13.5 Å². The lowest BCUT2D eigenvalue weighted by Gasteiger charge is -2.13. The lowest BCUT2D eigenvalue weighted by Crippen LogP contribution is -2.06. The van der Waals surface area contributed by atoms with Crippen LogP contribution < -0.4 is 4.74 Å². The van der Waals surface area contributed by atoms with E-state index in [1.807, 2.05) is 0 Å². The number of aliphatic carboxylic acids is 1. The third-order valence-electron chi connectivity index (χ3n) is 2.52. The molecule has 1 rings (SSSR count). The first-order valence-electron chi connectivity index (χ1n) is 5.85. The molecule has 5 nitrogen and oxygen atoms in total. The van der Waals surface area contributed by atoms with Crippen LogP contribution in [0.1, 0.15) is 24.5 Å². The number of carboxylic acids is 1. The summed E-state index contributed by atoms with van der Waals surface area (Å²) in [7, 11) is 1.60. The van der Waals surface area contributed by atoms with Gasteiger partial charge in [-0.3, -0.25) is 4.79 Å². The number of hydrogen-bond donors (Lipinski definition) is 2. The average Bonchev–Trinajstić information content (AvgIpc) is 2.38. The molecule has 1 aromatic carbocycles. The summed E-state index contributed by atoms with van der Waals surface area (Å²) in [5.41, 5.74) is 0.659. The highest BCUT2D eigenvalue weighted by molar-refractivity contribution is 9.10. The molecule has 0 aromatic heterocycles. The van der Waals surface area contributed by atoms with Crippen molar-refractivity contribution in [2.24, 2.45) is 0 Å². The molecule has 0 aliphatic rings. The fourth-order valence-corrected chi connectivity index (χ4v) is 2.01. The Labute approximate surface area is 120 Å². The largest absolute Gasteiger partial charge is 0.490 e. The topological polar surface area (TPSA) is 76.0 Å². The normalized spacial score (nSPS) is 12.2. The van der Waals surface area contributed by atoms with Crippen molar-refractivity contribution in [2.45, 2.75) is 18.9 Å². The first-order chi connectivity index (χ1) is 9.04. The van der Waals surface area contributed by atoms with Gasteiger partial charge in [0.2, 0.25) is 0 Å². The van der Waals surface area contributed by atoms with Gasteiger partial charge < -0.3 is 19.7 Å². The van der Waals surface area contributed by atoms with Crippen LogP contribution in [0.2, 0.25) is 0 Å². The maximum absolute atomic E-state index is 10.5. The van der Waals surface area contributed by atoms with Gasteiger partial charge in [-0.2, -0.15) is 0 Å². The number of methoxy groups -OCH3 is 1. The van der Waals surface area contributed by atoms with E-state index < -0.39 is 12.1 Å². The van der Waals surface area contributed by atoms with Crippen molar-refractivity contribution in [1.82, 2.24) is 0 Å². The summed E-state index contributed by atoms with van der Waals surface area (Å²) in [6.45, 7) is 0.936. The quantitative estimate of drug-likeness (QED) is 0.715. The zero-order valence-corrected chi connectivity index (χ0v) is 12.2.